The van der Waals surface area contributed by atoms with Gasteiger partial charge in [0.25, 0.3) is 5.91 Å². The van der Waals surface area contributed by atoms with Crippen LogP contribution in [0.5, 0.6) is 17.2 Å². The molecule has 0 saturated carbocycles. The zero-order chi connectivity index (χ0) is 20.1. The van der Waals surface area contributed by atoms with Crippen LogP contribution in [0.25, 0.3) is 0 Å². The lowest BCUT2D eigenvalue weighted by molar-refractivity contribution is -0.118. The molecule has 9 heteroatoms. The zero-order valence-corrected chi connectivity index (χ0v) is 15.1. The van der Waals surface area contributed by atoms with Crippen molar-refractivity contribution in [3.63, 3.8) is 0 Å². The number of hydrogen-bond acceptors (Lipinski definition) is 8. The molecule has 0 saturated heterocycles. The highest BCUT2D eigenvalue weighted by atomic mass is 16.7. The summed E-state index contributed by atoms with van der Waals surface area (Å²) in [6.07, 6.45) is 0. The van der Waals surface area contributed by atoms with Gasteiger partial charge in [0, 0.05) is 6.07 Å². The van der Waals surface area contributed by atoms with E-state index < -0.39 is 17.8 Å². The van der Waals surface area contributed by atoms with Crippen LogP contribution in [0.4, 0.5) is 5.69 Å². The fraction of sp³-hybridized carbons (Fsp3) is 0.211. The maximum Gasteiger partial charge on any atom is 0.339 e. The quantitative estimate of drug-likeness (QED) is 0.750. The molecule has 0 radical (unpaired) electrons. The number of ether oxygens (including phenoxy) is 5. The first kappa shape index (κ1) is 19.0. The Morgan fingerprint density at radius 1 is 0.964 bits per heavy atom. The molecule has 9 nitrogen and oxygen atoms in total. The molecule has 28 heavy (non-hydrogen) atoms. The Hall–Kier alpha value is -3.75. The van der Waals surface area contributed by atoms with Gasteiger partial charge in [-0.2, -0.15) is 0 Å². The summed E-state index contributed by atoms with van der Waals surface area (Å²) in [5.41, 5.74) is 0.364. The predicted octanol–water partition coefficient (Wildman–Crippen LogP) is 2.01. The van der Waals surface area contributed by atoms with Crippen LogP contribution in [0.3, 0.4) is 0 Å². The van der Waals surface area contributed by atoms with Crippen molar-refractivity contribution in [2.24, 2.45) is 0 Å². The first-order valence-corrected chi connectivity index (χ1v) is 8.15. The molecule has 1 amide bonds. The molecule has 146 valence electrons. The molecule has 0 unspecified atom stereocenters. The minimum atomic E-state index is -0.664. The van der Waals surface area contributed by atoms with Crippen molar-refractivity contribution < 1.29 is 38.1 Å². The first-order chi connectivity index (χ1) is 13.5. The molecule has 0 aromatic heterocycles. The average molecular weight is 387 g/mol. The number of nitrogens with one attached hydrogen (secondary N) is 1. The second-order valence-electron chi connectivity index (χ2n) is 5.60. The highest BCUT2D eigenvalue weighted by molar-refractivity contribution is 6.03. The lowest BCUT2D eigenvalue weighted by Crippen LogP contribution is -2.22. The predicted molar refractivity (Wildman–Crippen MR) is 95.8 cm³/mol. The van der Waals surface area contributed by atoms with Gasteiger partial charge in [-0.25, -0.2) is 9.59 Å². The number of methoxy groups -OCH3 is 2. The molecule has 2 aromatic rings. The van der Waals surface area contributed by atoms with Crippen LogP contribution in [-0.4, -0.2) is 45.5 Å². The van der Waals surface area contributed by atoms with Gasteiger partial charge in [0.15, 0.2) is 18.1 Å². The highest BCUT2D eigenvalue weighted by Crippen LogP contribution is 2.35. The Bertz CT molecular complexity index is 924. The molecular formula is C19H17NO8. The topological polar surface area (TPSA) is 109 Å². The monoisotopic (exact) mass is 387 g/mol. The Kier molecular flexibility index (Phi) is 5.64. The normalized spacial score (nSPS) is 11.5. The molecule has 0 bridgehead atoms. The highest BCUT2D eigenvalue weighted by Gasteiger charge is 2.18. The lowest BCUT2D eigenvalue weighted by Gasteiger charge is -2.12. The number of esters is 2. The molecule has 0 atom stereocenters. The molecule has 3 rings (SSSR count). The number of amides is 1. The van der Waals surface area contributed by atoms with Crippen LogP contribution in [0, 0.1) is 0 Å². The molecular weight excluding hydrogens is 370 g/mol. The van der Waals surface area contributed by atoms with Crippen LogP contribution in [0.2, 0.25) is 0 Å². The Balaban J connectivity index is 1.71. The third-order valence-corrected chi connectivity index (χ3v) is 3.83. The molecule has 1 heterocycles. The van der Waals surface area contributed by atoms with Gasteiger partial charge in [0.05, 0.1) is 31.0 Å². The van der Waals surface area contributed by atoms with Gasteiger partial charge in [-0.1, -0.05) is 0 Å². The van der Waals surface area contributed by atoms with E-state index >= 15 is 0 Å². The van der Waals surface area contributed by atoms with Crippen molar-refractivity contribution in [3.05, 3.63) is 47.5 Å². The Morgan fingerprint density at radius 3 is 2.46 bits per heavy atom. The molecule has 2 aromatic carbocycles. The number of fused-ring (bicyclic) bond motifs is 1. The Labute approximate surface area is 160 Å². The van der Waals surface area contributed by atoms with Crippen LogP contribution in [0.15, 0.2) is 36.4 Å². The van der Waals surface area contributed by atoms with Crippen LogP contribution in [0.1, 0.15) is 20.7 Å². The van der Waals surface area contributed by atoms with E-state index in [4.69, 9.17) is 18.9 Å². The van der Waals surface area contributed by atoms with Gasteiger partial charge in [0.2, 0.25) is 6.79 Å². The summed E-state index contributed by atoms with van der Waals surface area (Å²) in [5, 5.41) is 2.54. The van der Waals surface area contributed by atoms with Gasteiger partial charge in [-0.15, -0.1) is 0 Å². The zero-order valence-electron chi connectivity index (χ0n) is 15.1. The molecule has 0 spiro atoms. The second-order valence-corrected chi connectivity index (χ2v) is 5.60. The second kappa shape index (κ2) is 8.30. The van der Waals surface area contributed by atoms with Gasteiger partial charge < -0.3 is 29.0 Å². The maximum atomic E-state index is 12.3. The molecule has 1 aliphatic heterocycles. The van der Waals surface area contributed by atoms with E-state index in [2.05, 4.69) is 10.1 Å². The van der Waals surface area contributed by atoms with Gasteiger partial charge in [-0.05, 0) is 30.3 Å². The van der Waals surface area contributed by atoms with E-state index in [-0.39, 0.29) is 30.2 Å². The molecule has 1 N–H and O–H groups in total. The third-order valence-electron chi connectivity index (χ3n) is 3.83. The van der Waals surface area contributed by atoms with Crippen molar-refractivity contribution >= 4 is 23.5 Å². The summed E-state index contributed by atoms with van der Waals surface area (Å²) in [7, 11) is 2.44. The minimum Gasteiger partial charge on any atom is -0.484 e. The molecule has 0 fully saturated rings. The maximum absolute atomic E-state index is 12.3. The van der Waals surface area contributed by atoms with Crippen LogP contribution < -0.4 is 19.5 Å². The van der Waals surface area contributed by atoms with Gasteiger partial charge in [-0.3, -0.25) is 4.79 Å². The fourth-order valence-electron chi connectivity index (χ4n) is 2.48. The van der Waals surface area contributed by atoms with Crippen molar-refractivity contribution in [3.8, 4) is 17.2 Å². The van der Waals surface area contributed by atoms with Crippen molar-refractivity contribution in [1.29, 1.82) is 0 Å². The fourth-order valence-corrected chi connectivity index (χ4v) is 2.48. The largest absolute Gasteiger partial charge is 0.484 e. The summed E-state index contributed by atoms with van der Waals surface area (Å²) < 4.78 is 25.2. The number of anilines is 1. The Morgan fingerprint density at radius 2 is 1.71 bits per heavy atom. The number of carbonyl (C=O) groups excluding carboxylic acids is 3. The summed E-state index contributed by atoms with van der Waals surface area (Å²) in [6, 6.07) is 9.01. The number of benzene rings is 2. The van der Waals surface area contributed by atoms with E-state index in [0.29, 0.717) is 17.2 Å². The SMILES string of the molecule is COC(=O)c1ccc(C(=O)OC)c(NC(=O)COc2ccc3c(c2)OCO3)c1. The summed E-state index contributed by atoms with van der Waals surface area (Å²) in [4.78, 5) is 35.9. The average Bonchev–Trinajstić information content (AvgIpc) is 3.19. The van der Waals surface area contributed by atoms with E-state index in [1.807, 2.05) is 0 Å². The van der Waals surface area contributed by atoms with E-state index in [1.54, 1.807) is 18.2 Å². The van der Waals surface area contributed by atoms with E-state index in [9.17, 15) is 14.4 Å². The van der Waals surface area contributed by atoms with Gasteiger partial charge in [0.1, 0.15) is 5.75 Å². The van der Waals surface area contributed by atoms with Crippen molar-refractivity contribution in [2.75, 3.05) is 32.9 Å². The summed E-state index contributed by atoms with van der Waals surface area (Å²) in [6.45, 7) is -0.200. The smallest absolute Gasteiger partial charge is 0.339 e. The number of hydrogen-bond donors (Lipinski definition) is 1. The minimum absolute atomic E-state index is 0.0894. The van der Waals surface area contributed by atoms with Crippen molar-refractivity contribution in [2.45, 2.75) is 0 Å². The number of carbonyl (C=O) groups is 3. The number of rotatable bonds is 6. The first-order valence-electron chi connectivity index (χ1n) is 8.15. The summed E-state index contributed by atoms with van der Waals surface area (Å²) >= 11 is 0. The van der Waals surface area contributed by atoms with Crippen molar-refractivity contribution in [1.82, 2.24) is 0 Å². The standard InChI is InChI=1S/C19H17NO8/c1-24-18(22)11-3-5-13(19(23)25-2)14(7-11)20-17(21)9-26-12-4-6-15-16(8-12)28-10-27-15/h3-8H,9-10H2,1-2H3,(H,20,21). The van der Waals surface area contributed by atoms with E-state index in [1.165, 1.54) is 32.4 Å². The van der Waals surface area contributed by atoms with Crippen LogP contribution >= 0.6 is 0 Å². The van der Waals surface area contributed by atoms with Gasteiger partial charge >= 0.3 is 11.9 Å². The third kappa shape index (κ3) is 4.14. The molecule has 0 aliphatic carbocycles. The lowest BCUT2D eigenvalue weighted by atomic mass is 10.1. The van der Waals surface area contributed by atoms with E-state index in [0.717, 1.165) is 0 Å². The summed E-state index contributed by atoms with van der Waals surface area (Å²) in [5.74, 6) is -0.275. The van der Waals surface area contributed by atoms with Crippen LogP contribution in [-0.2, 0) is 14.3 Å². The molecule has 1 aliphatic rings.